The molecule has 1 unspecified atom stereocenters. The third kappa shape index (κ3) is 4.38. The molecule has 0 bridgehead atoms. The normalized spacial score (nSPS) is 13.5. The third-order valence-corrected chi connectivity index (χ3v) is 3.20. The van der Waals surface area contributed by atoms with Crippen LogP contribution in [0.3, 0.4) is 0 Å². The number of benzene rings is 1. The van der Waals surface area contributed by atoms with Crippen LogP contribution in [0.2, 0.25) is 0 Å². The van der Waals surface area contributed by atoms with Crippen LogP contribution in [0.4, 0.5) is 10.1 Å². The van der Waals surface area contributed by atoms with Gasteiger partial charge in [0.2, 0.25) is 0 Å². The van der Waals surface area contributed by atoms with Gasteiger partial charge in [-0.05, 0) is 25.3 Å². The van der Waals surface area contributed by atoms with E-state index in [0.717, 1.165) is 18.2 Å². The molecule has 8 heteroatoms. The minimum Gasteiger partial charge on any atom is -0.487 e. The summed E-state index contributed by atoms with van der Waals surface area (Å²) in [5.74, 6) is -1.95. The SMILES string of the molecule is CCC(N)(CCCOc1cc(F)ccc1[N+](=O)[O-])C(=O)O. The van der Waals surface area contributed by atoms with Crippen LogP contribution in [-0.4, -0.2) is 28.1 Å². The standard InChI is InChI=1S/C13H17FN2O5/c1-2-13(15,12(17)18)6-3-7-21-11-8-9(14)4-5-10(11)16(19)20/h4-5,8H,2-3,6-7,15H2,1H3,(H,17,18). The van der Waals surface area contributed by atoms with Gasteiger partial charge in [-0.2, -0.15) is 0 Å². The molecule has 1 aromatic rings. The molecule has 0 fully saturated rings. The van der Waals surface area contributed by atoms with Gasteiger partial charge in [0.05, 0.1) is 11.5 Å². The number of nitrogens with zero attached hydrogens (tertiary/aromatic N) is 1. The molecule has 0 aliphatic rings. The Morgan fingerprint density at radius 2 is 2.24 bits per heavy atom. The van der Waals surface area contributed by atoms with E-state index in [1.807, 2.05) is 0 Å². The van der Waals surface area contributed by atoms with Crippen LogP contribution < -0.4 is 10.5 Å². The van der Waals surface area contributed by atoms with Crippen molar-refractivity contribution >= 4 is 11.7 Å². The molecule has 1 rings (SSSR count). The van der Waals surface area contributed by atoms with Crippen LogP contribution >= 0.6 is 0 Å². The Labute approximate surface area is 120 Å². The molecule has 0 saturated carbocycles. The molecular formula is C13H17FN2O5. The van der Waals surface area contributed by atoms with E-state index in [-0.39, 0.29) is 37.3 Å². The van der Waals surface area contributed by atoms with Gasteiger partial charge in [0.1, 0.15) is 11.4 Å². The smallest absolute Gasteiger partial charge is 0.323 e. The Kier molecular flexibility index (Phi) is 5.60. The van der Waals surface area contributed by atoms with Crippen LogP contribution in [-0.2, 0) is 4.79 Å². The molecule has 7 nitrogen and oxygen atoms in total. The number of nitrogens with two attached hydrogens (primary N) is 1. The quantitative estimate of drug-likeness (QED) is 0.431. The molecule has 116 valence electrons. The fraction of sp³-hybridized carbons (Fsp3) is 0.462. The highest BCUT2D eigenvalue weighted by molar-refractivity contribution is 5.78. The molecule has 0 aliphatic heterocycles. The Morgan fingerprint density at radius 3 is 2.76 bits per heavy atom. The van der Waals surface area contributed by atoms with Gasteiger partial charge in [-0.1, -0.05) is 6.92 Å². The number of nitro groups is 1. The second kappa shape index (κ2) is 6.98. The van der Waals surface area contributed by atoms with E-state index in [9.17, 15) is 19.3 Å². The lowest BCUT2D eigenvalue weighted by atomic mass is 9.92. The Bertz CT molecular complexity index is 537. The summed E-state index contributed by atoms with van der Waals surface area (Å²) in [6, 6.07) is 2.91. The molecule has 1 atom stereocenters. The molecule has 0 amide bonds. The summed E-state index contributed by atoms with van der Waals surface area (Å²) in [7, 11) is 0. The van der Waals surface area contributed by atoms with Crippen LogP contribution in [0.1, 0.15) is 26.2 Å². The number of carboxylic acids is 1. The minimum absolute atomic E-state index is 0.0104. The second-order valence-corrected chi connectivity index (χ2v) is 4.64. The van der Waals surface area contributed by atoms with Gasteiger partial charge >= 0.3 is 11.7 Å². The van der Waals surface area contributed by atoms with Gasteiger partial charge in [-0.15, -0.1) is 0 Å². The number of ether oxygens (including phenoxy) is 1. The number of rotatable bonds is 8. The van der Waals surface area contributed by atoms with E-state index < -0.39 is 22.2 Å². The zero-order valence-electron chi connectivity index (χ0n) is 11.5. The van der Waals surface area contributed by atoms with Gasteiger partial charge in [0.15, 0.2) is 5.75 Å². The van der Waals surface area contributed by atoms with Crippen molar-refractivity contribution in [3.8, 4) is 5.75 Å². The lowest BCUT2D eigenvalue weighted by Gasteiger charge is -2.22. The Hall–Kier alpha value is -2.22. The molecule has 0 saturated heterocycles. The van der Waals surface area contributed by atoms with E-state index in [1.54, 1.807) is 6.92 Å². The van der Waals surface area contributed by atoms with Crippen molar-refractivity contribution in [1.29, 1.82) is 0 Å². The average Bonchev–Trinajstić information content (AvgIpc) is 2.42. The maximum absolute atomic E-state index is 13.1. The molecule has 3 N–H and O–H groups in total. The number of carboxylic acid groups (broad SMARTS) is 1. The van der Waals surface area contributed by atoms with E-state index in [4.69, 9.17) is 15.6 Å². The molecule has 1 aromatic carbocycles. The van der Waals surface area contributed by atoms with Crippen molar-refractivity contribution in [2.45, 2.75) is 31.7 Å². The predicted octanol–water partition coefficient (Wildman–Crippen LogP) is 2.08. The van der Waals surface area contributed by atoms with Crippen LogP contribution in [0, 0.1) is 15.9 Å². The van der Waals surface area contributed by atoms with Crippen LogP contribution in [0.25, 0.3) is 0 Å². The van der Waals surface area contributed by atoms with Gasteiger partial charge < -0.3 is 15.6 Å². The van der Waals surface area contributed by atoms with E-state index in [0.29, 0.717) is 0 Å². The second-order valence-electron chi connectivity index (χ2n) is 4.64. The molecule has 0 radical (unpaired) electrons. The highest BCUT2D eigenvalue weighted by Crippen LogP contribution is 2.27. The average molecular weight is 300 g/mol. The molecule has 0 aliphatic carbocycles. The lowest BCUT2D eigenvalue weighted by molar-refractivity contribution is -0.385. The van der Waals surface area contributed by atoms with Gasteiger partial charge in [0, 0.05) is 12.1 Å². The summed E-state index contributed by atoms with van der Waals surface area (Å²) < 4.78 is 18.2. The summed E-state index contributed by atoms with van der Waals surface area (Å²) in [6.45, 7) is 1.67. The van der Waals surface area contributed by atoms with Crippen molar-refractivity contribution in [1.82, 2.24) is 0 Å². The van der Waals surface area contributed by atoms with Gasteiger partial charge in [0.25, 0.3) is 0 Å². The van der Waals surface area contributed by atoms with Gasteiger partial charge in [-0.3, -0.25) is 14.9 Å². The summed E-state index contributed by atoms with van der Waals surface area (Å²) in [6.07, 6.45) is 0.689. The van der Waals surface area contributed by atoms with Crippen molar-refractivity contribution in [3.63, 3.8) is 0 Å². The molecule has 0 spiro atoms. The number of carbonyl (C=O) groups is 1. The zero-order chi connectivity index (χ0) is 16.0. The van der Waals surface area contributed by atoms with Crippen molar-refractivity contribution in [2.75, 3.05) is 6.61 Å². The summed E-state index contributed by atoms with van der Waals surface area (Å²) in [5, 5.41) is 19.8. The summed E-state index contributed by atoms with van der Waals surface area (Å²) in [4.78, 5) is 21.1. The first-order chi connectivity index (χ1) is 9.80. The maximum atomic E-state index is 13.1. The summed E-state index contributed by atoms with van der Waals surface area (Å²) in [5.41, 5.74) is 4.01. The first-order valence-electron chi connectivity index (χ1n) is 6.39. The molecule has 0 heterocycles. The fourth-order valence-corrected chi connectivity index (χ4v) is 1.76. The zero-order valence-corrected chi connectivity index (χ0v) is 11.5. The maximum Gasteiger partial charge on any atom is 0.323 e. The van der Waals surface area contributed by atoms with Gasteiger partial charge in [-0.25, -0.2) is 4.39 Å². The van der Waals surface area contributed by atoms with Crippen molar-refractivity contribution in [3.05, 3.63) is 34.1 Å². The van der Waals surface area contributed by atoms with Crippen molar-refractivity contribution < 1.29 is 24.0 Å². The molecule has 21 heavy (non-hydrogen) atoms. The van der Waals surface area contributed by atoms with Crippen molar-refractivity contribution in [2.24, 2.45) is 5.73 Å². The topological polar surface area (TPSA) is 116 Å². The highest BCUT2D eigenvalue weighted by Gasteiger charge is 2.31. The first kappa shape index (κ1) is 16.8. The number of hydrogen-bond donors (Lipinski definition) is 2. The lowest BCUT2D eigenvalue weighted by Crippen LogP contribution is -2.47. The van der Waals surface area contributed by atoms with E-state index >= 15 is 0 Å². The minimum atomic E-state index is -1.35. The van der Waals surface area contributed by atoms with E-state index in [2.05, 4.69) is 0 Å². The van der Waals surface area contributed by atoms with Crippen LogP contribution in [0.5, 0.6) is 5.75 Å². The monoisotopic (exact) mass is 300 g/mol. The predicted molar refractivity (Wildman–Crippen MR) is 72.6 cm³/mol. The van der Waals surface area contributed by atoms with E-state index in [1.165, 1.54) is 0 Å². The first-order valence-corrected chi connectivity index (χ1v) is 6.39. The Balaban J connectivity index is 2.63. The largest absolute Gasteiger partial charge is 0.487 e. The highest BCUT2D eigenvalue weighted by atomic mass is 19.1. The fourth-order valence-electron chi connectivity index (χ4n) is 1.76. The molecular weight excluding hydrogens is 283 g/mol. The third-order valence-electron chi connectivity index (χ3n) is 3.20. The van der Waals surface area contributed by atoms with Crippen LogP contribution in [0.15, 0.2) is 18.2 Å². The Morgan fingerprint density at radius 1 is 1.57 bits per heavy atom. The molecule has 0 aromatic heterocycles. The number of nitro benzene ring substituents is 1. The number of hydrogen-bond acceptors (Lipinski definition) is 5. The number of aliphatic carboxylic acids is 1. The summed E-state index contributed by atoms with van der Waals surface area (Å²) >= 11 is 0. The number of halogens is 1.